The van der Waals surface area contributed by atoms with Gasteiger partial charge in [0, 0.05) is 41.0 Å². The molecule has 0 fully saturated rings. The van der Waals surface area contributed by atoms with Crippen molar-refractivity contribution < 1.29 is 23.6 Å². The molecule has 0 heterocycles. The van der Waals surface area contributed by atoms with Gasteiger partial charge in [0.15, 0.2) is 5.78 Å². The fraction of sp³-hybridized carbons (Fsp3) is 0.0968. The smallest absolute Gasteiger partial charge is 0.255 e. The molecule has 0 bridgehead atoms. The minimum atomic E-state index is -0.431. The Bertz CT molecular complexity index is 1500. The number of halogens is 1. The van der Waals surface area contributed by atoms with Crippen LogP contribution in [0.15, 0.2) is 97.1 Å². The summed E-state index contributed by atoms with van der Waals surface area (Å²) in [5, 5.41) is 8.14. The van der Waals surface area contributed by atoms with Crippen molar-refractivity contribution in [2.45, 2.75) is 6.92 Å². The van der Waals surface area contributed by atoms with E-state index in [0.29, 0.717) is 27.9 Å². The first-order valence-corrected chi connectivity index (χ1v) is 12.3. The maximum Gasteiger partial charge on any atom is 0.255 e. The third kappa shape index (κ3) is 7.01. The average Bonchev–Trinajstić information content (AvgIpc) is 2.96. The zero-order chi connectivity index (χ0) is 27.8. The van der Waals surface area contributed by atoms with Gasteiger partial charge in [0.25, 0.3) is 17.7 Å². The molecule has 0 aliphatic heterocycles. The molecule has 0 aliphatic rings. The molecule has 8 heteroatoms. The molecule has 0 atom stereocenters. The van der Waals surface area contributed by atoms with Crippen LogP contribution in [0.4, 0.5) is 10.1 Å². The number of benzene rings is 4. The highest BCUT2D eigenvalue weighted by atomic mass is 19.1. The number of nitrogens with one attached hydrogen (secondary N) is 3. The van der Waals surface area contributed by atoms with Crippen LogP contribution in [0.3, 0.4) is 0 Å². The quantitative estimate of drug-likeness (QED) is 0.217. The Hall–Kier alpha value is -5.11. The fourth-order valence-electron chi connectivity index (χ4n) is 3.80. The summed E-state index contributed by atoms with van der Waals surface area (Å²) >= 11 is 0. The van der Waals surface area contributed by atoms with Crippen LogP contribution in [-0.4, -0.2) is 36.6 Å². The molecule has 0 unspecified atom stereocenters. The Kier molecular flexibility index (Phi) is 8.58. The van der Waals surface area contributed by atoms with Gasteiger partial charge in [0.1, 0.15) is 5.82 Å². The van der Waals surface area contributed by atoms with E-state index in [1.807, 2.05) is 19.1 Å². The normalized spacial score (nSPS) is 10.4. The molecule has 0 spiro atoms. The van der Waals surface area contributed by atoms with Crippen molar-refractivity contribution in [2.24, 2.45) is 0 Å². The molecule has 0 aliphatic carbocycles. The summed E-state index contributed by atoms with van der Waals surface area (Å²) in [6.07, 6.45) is 0. The van der Waals surface area contributed by atoms with E-state index in [0.717, 1.165) is 5.56 Å². The third-order valence-electron chi connectivity index (χ3n) is 5.94. The standard InChI is InChI=1S/C31H26FN3O4/c1-20-6-8-21(9-7-20)28(36)26-4-2-3-5-27(26)31(39)34-19-18-33-29(37)22-12-16-25(17-13-22)35-30(38)23-10-14-24(32)15-11-23/h2-17H,18-19H2,1H3,(H,33,37)(H,34,39)(H,35,38). The molecule has 196 valence electrons. The number of hydrogen-bond donors (Lipinski definition) is 3. The summed E-state index contributed by atoms with van der Waals surface area (Å²) in [5.74, 6) is -1.84. The lowest BCUT2D eigenvalue weighted by atomic mass is 9.97. The van der Waals surface area contributed by atoms with Gasteiger partial charge < -0.3 is 16.0 Å². The minimum Gasteiger partial charge on any atom is -0.350 e. The summed E-state index contributed by atoms with van der Waals surface area (Å²) in [6, 6.07) is 25.2. The lowest BCUT2D eigenvalue weighted by Crippen LogP contribution is -2.35. The zero-order valence-electron chi connectivity index (χ0n) is 21.2. The predicted octanol–water partition coefficient (Wildman–Crippen LogP) is 4.78. The highest BCUT2D eigenvalue weighted by Gasteiger charge is 2.18. The van der Waals surface area contributed by atoms with Crippen molar-refractivity contribution in [3.8, 4) is 0 Å². The average molecular weight is 524 g/mol. The van der Waals surface area contributed by atoms with Crippen LogP contribution in [0.25, 0.3) is 0 Å². The van der Waals surface area contributed by atoms with Gasteiger partial charge in [-0.1, -0.05) is 48.0 Å². The second kappa shape index (κ2) is 12.4. The maximum absolute atomic E-state index is 13.0. The summed E-state index contributed by atoms with van der Waals surface area (Å²) in [6.45, 7) is 2.26. The van der Waals surface area contributed by atoms with Crippen LogP contribution >= 0.6 is 0 Å². The summed E-state index contributed by atoms with van der Waals surface area (Å²) < 4.78 is 13.0. The van der Waals surface area contributed by atoms with Gasteiger partial charge in [-0.05, 0) is 61.5 Å². The molecule has 0 saturated heterocycles. The molecule has 4 rings (SSSR count). The van der Waals surface area contributed by atoms with Crippen LogP contribution in [0.1, 0.15) is 52.6 Å². The highest BCUT2D eigenvalue weighted by Crippen LogP contribution is 2.16. The predicted molar refractivity (Wildman–Crippen MR) is 147 cm³/mol. The second-order valence-corrected chi connectivity index (χ2v) is 8.79. The lowest BCUT2D eigenvalue weighted by Gasteiger charge is -2.11. The van der Waals surface area contributed by atoms with E-state index in [9.17, 15) is 23.6 Å². The van der Waals surface area contributed by atoms with Crippen LogP contribution in [0.5, 0.6) is 0 Å². The van der Waals surface area contributed by atoms with Gasteiger partial charge in [-0.15, -0.1) is 0 Å². The van der Waals surface area contributed by atoms with Gasteiger partial charge in [0.2, 0.25) is 0 Å². The lowest BCUT2D eigenvalue weighted by molar-refractivity contribution is 0.0924. The molecular formula is C31H26FN3O4. The van der Waals surface area contributed by atoms with Gasteiger partial charge >= 0.3 is 0 Å². The van der Waals surface area contributed by atoms with E-state index in [1.54, 1.807) is 60.7 Å². The van der Waals surface area contributed by atoms with Crippen molar-refractivity contribution >= 4 is 29.2 Å². The van der Waals surface area contributed by atoms with Crippen molar-refractivity contribution in [1.82, 2.24) is 10.6 Å². The van der Waals surface area contributed by atoms with Crippen LogP contribution < -0.4 is 16.0 Å². The van der Waals surface area contributed by atoms with E-state index in [4.69, 9.17) is 0 Å². The van der Waals surface area contributed by atoms with Crippen molar-refractivity contribution in [3.05, 3.63) is 136 Å². The summed E-state index contributed by atoms with van der Waals surface area (Å²) in [5.41, 5.74) is 3.24. The molecule has 39 heavy (non-hydrogen) atoms. The number of amides is 3. The molecule has 3 N–H and O–H groups in total. The molecule has 0 saturated carbocycles. The molecule has 0 aromatic heterocycles. The molecule has 4 aromatic rings. The molecular weight excluding hydrogens is 497 g/mol. The van der Waals surface area contributed by atoms with Crippen molar-refractivity contribution in [3.63, 3.8) is 0 Å². The van der Waals surface area contributed by atoms with Gasteiger partial charge in [-0.2, -0.15) is 0 Å². The summed E-state index contributed by atoms with van der Waals surface area (Å²) in [7, 11) is 0. The largest absolute Gasteiger partial charge is 0.350 e. The Morgan fingerprint density at radius 3 is 1.74 bits per heavy atom. The molecule has 7 nitrogen and oxygen atoms in total. The zero-order valence-corrected chi connectivity index (χ0v) is 21.2. The number of hydrogen-bond acceptors (Lipinski definition) is 4. The number of carbonyl (C=O) groups is 4. The maximum atomic E-state index is 13.0. The molecule has 3 amide bonds. The Morgan fingerprint density at radius 1 is 0.590 bits per heavy atom. The number of aryl methyl sites for hydroxylation is 1. The van der Waals surface area contributed by atoms with Gasteiger partial charge in [-0.3, -0.25) is 19.2 Å². The van der Waals surface area contributed by atoms with Crippen LogP contribution in [0.2, 0.25) is 0 Å². The van der Waals surface area contributed by atoms with Crippen molar-refractivity contribution in [1.29, 1.82) is 0 Å². The molecule has 4 aromatic carbocycles. The van der Waals surface area contributed by atoms with Crippen LogP contribution in [-0.2, 0) is 0 Å². The van der Waals surface area contributed by atoms with E-state index in [-0.39, 0.29) is 30.3 Å². The molecule has 0 radical (unpaired) electrons. The van der Waals surface area contributed by atoms with E-state index < -0.39 is 17.6 Å². The van der Waals surface area contributed by atoms with E-state index in [1.165, 1.54) is 24.3 Å². The van der Waals surface area contributed by atoms with Crippen LogP contribution in [0, 0.1) is 12.7 Å². The highest BCUT2D eigenvalue weighted by molar-refractivity contribution is 6.15. The number of ketones is 1. The first-order chi connectivity index (χ1) is 18.8. The Morgan fingerprint density at radius 2 is 1.10 bits per heavy atom. The first kappa shape index (κ1) is 26.9. The topological polar surface area (TPSA) is 104 Å². The van der Waals surface area contributed by atoms with E-state index >= 15 is 0 Å². The second-order valence-electron chi connectivity index (χ2n) is 8.79. The van der Waals surface area contributed by atoms with Gasteiger partial charge in [-0.25, -0.2) is 4.39 Å². The minimum absolute atomic E-state index is 0.156. The number of rotatable bonds is 9. The van der Waals surface area contributed by atoms with E-state index in [2.05, 4.69) is 16.0 Å². The first-order valence-electron chi connectivity index (χ1n) is 12.3. The Labute approximate surface area is 225 Å². The summed E-state index contributed by atoms with van der Waals surface area (Å²) in [4.78, 5) is 50.5. The number of anilines is 1. The SMILES string of the molecule is Cc1ccc(C(=O)c2ccccc2C(=O)NCCNC(=O)c2ccc(NC(=O)c3ccc(F)cc3)cc2)cc1. The monoisotopic (exact) mass is 523 g/mol. The van der Waals surface area contributed by atoms with Crippen molar-refractivity contribution in [2.75, 3.05) is 18.4 Å². The fourth-order valence-corrected chi connectivity index (χ4v) is 3.80. The van der Waals surface area contributed by atoms with Gasteiger partial charge in [0.05, 0.1) is 5.56 Å². The Balaban J connectivity index is 1.27. The number of carbonyl (C=O) groups excluding carboxylic acids is 4. The third-order valence-corrected chi connectivity index (χ3v) is 5.94.